The van der Waals surface area contributed by atoms with Gasteiger partial charge in [0.25, 0.3) is 11.1 Å². The third-order valence-electron chi connectivity index (χ3n) is 15.8. The third-order valence-corrected chi connectivity index (χ3v) is 20.6. The van der Waals surface area contributed by atoms with Crippen molar-refractivity contribution >= 4 is 59.5 Å². The van der Waals surface area contributed by atoms with Gasteiger partial charge in [0.1, 0.15) is 65.8 Å². The van der Waals surface area contributed by atoms with Crippen LogP contribution in [0.15, 0.2) is 135 Å². The third kappa shape index (κ3) is 29.6. The van der Waals surface area contributed by atoms with Gasteiger partial charge < -0.3 is 72.1 Å². The minimum atomic E-state index is -4.91. The van der Waals surface area contributed by atoms with Crippen LogP contribution in [0, 0.1) is 58.2 Å². The lowest BCUT2D eigenvalue weighted by Crippen LogP contribution is -2.43. The first-order valence-electron chi connectivity index (χ1n) is 36.4. The Balaban J connectivity index is 0.000000340. The molecule has 2 aliphatic heterocycles. The SMILES string of the molecule is CC(C)OC(=O)[C@@H](C)N.CC(C)OC(=O)[C@@H](C)NP(=O)(Oc1ccccc1)Oc1c(F)c(F)c(F)c(F)c1F.CC(C)OC(=O)[C@@H](C)NP(=O)(Oc1ccccc1)Oc1c(F)c(F)c(F)c(F)c1F.CC(C)OC(=O)[C@@H](C)N[P@@](=O)(OC[C@H]1O[C@@H](n2ccc(=O)[nH]c2=O)[C@](C)(F)[C@@H]1O)Oc1ccccc1.C[C@@]1(F)[C@H](O)[C@@H](CO)O[C@H]1n1ccc(=O)[nH]c1=O.Cl. The van der Waals surface area contributed by atoms with Crippen LogP contribution in [-0.2, 0) is 65.8 Å². The van der Waals surface area contributed by atoms with Gasteiger partial charge in [-0.25, -0.2) is 58.4 Å². The van der Waals surface area contributed by atoms with E-state index < -0.39 is 237 Å². The number of rotatable bonds is 30. The number of ether oxygens (including phenoxy) is 6. The van der Waals surface area contributed by atoms with Gasteiger partial charge in [-0.1, -0.05) is 54.6 Å². The summed E-state index contributed by atoms with van der Waals surface area (Å²) in [7, 11) is -14.1. The van der Waals surface area contributed by atoms with E-state index in [-0.39, 0.29) is 41.7 Å². The summed E-state index contributed by atoms with van der Waals surface area (Å²) in [6.45, 7) is 19.2. The summed E-state index contributed by atoms with van der Waals surface area (Å²) in [5.41, 5.74) is -2.62. The van der Waals surface area contributed by atoms with E-state index in [1.165, 1.54) is 109 Å². The molecule has 34 nitrogen and oxygen atoms in total. The number of carbonyl (C=O) groups excluding carboxylic acids is 4. The highest BCUT2D eigenvalue weighted by Gasteiger charge is 2.57. The number of esters is 4. The van der Waals surface area contributed by atoms with E-state index in [0.29, 0.717) is 0 Å². The number of nitrogens with zero attached hydrogens (tertiary/aromatic N) is 2. The van der Waals surface area contributed by atoms with E-state index in [1.807, 2.05) is 9.97 Å². The van der Waals surface area contributed by atoms with Crippen LogP contribution < -0.4 is 66.1 Å². The monoisotopic (exact) mass is 1860 g/mol. The molecular weight excluding hydrogens is 1770 g/mol. The molecule has 50 heteroatoms. The number of aromatic amines is 2. The lowest BCUT2D eigenvalue weighted by atomic mass is 9.98. The lowest BCUT2D eigenvalue weighted by Gasteiger charge is -2.25. The predicted molar refractivity (Wildman–Crippen MR) is 416 cm³/mol. The van der Waals surface area contributed by atoms with Crippen LogP contribution in [-0.4, -0.2) is 156 Å². The molecule has 9 rings (SSSR count). The summed E-state index contributed by atoms with van der Waals surface area (Å²) >= 11 is 0. The van der Waals surface area contributed by atoms with Crippen molar-refractivity contribution in [1.82, 2.24) is 34.4 Å². The maximum absolute atomic E-state index is 15.4. The molecule has 124 heavy (non-hydrogen) atoms. The second kappa shape index (κ2) is 46.3. The minimum absolute atomic E-state index is 0. The molecule has 2 unspecified atom stereocenters. The van der Waals surface area contributed by atoms with E-state index >= 15 is 4.39 Å². The Hall–Kier alpha value is -9.92. The maximum Gasteiger partial charge on any atom is 0.513 e. The van der Waals surface area contributed by atoms with Crippen LogP contribution in [0.25, 0.3) is 0 Å². The maximum atomic E-state index is 15.4. The normalized spacial score (nSPS) is 20.7. The summed E-state index contributed by atoms with van der Waals surface area (Å²) in [4.78, 5) is 96.7. The average molecular weight is 1860 g/mol. The van der Waals surface area contributed by atoms with Gasteiger partial charge in [-0.2, -0.15) is 32.8 Å². The van der Waals surface area contributed by atoms with Crippen LogP contribution in [0.2, 0.25) is 0 Å². The second-order valence-electron chi connectivity index (χ2n) is 27.7. The van der Waals surface area contributed by atoms with Crippen LogP contribution in [0.3, 0.4) is 0 Å². The Bertz CT molecular complexity index is 4960. The molecule has 4 heterocycles. The first-order chi connectivity index (χ1) is 57.1. The van der Waals surface area contributed by atoms with E-state index in [9.17, 15) is 111 Å². The summed E-state index contributed by atoms with van der Waals surface area (Å²) in [5, 5.41) is 35.8. The summed E-state index contributed by atoms with van der Waals surface area (Å²) in [5.74, 6) is -30.2. The van der Waals surface area contributed by atoms with Crippen molar-refractivity contribution in [2.45, 2.75) is 194 Å². The fraction of sp³-hybridized carbons (Fsp3) is 0.432. The number of benzene rings is 5. The summed E-state index contributed by atoms with van der Waals surface area (Å²) in [6, 6.07) is 19.7. The van der Waals surface area contributed by atoms with E-state index in [4.69, 9.17) is 57.4 Å². The number of nitrogens with one attached hydrogen (secondary N) is 5. The molecule has 2 aromatic heterocycles. The number of halogens is 13. The van der Waals surface area contributed by atoms with Crippen molar-refractivity contribution in [2.24, 2.45) is 5.73 Å². The van der Waals surface area contributed by atoms with Crippen molar-refractivity contribution in [2.75, 3.05) is 13.2 Å². The molecule has 0 radical (unpaired) electrons. The number of hydrogen-bond acceptors (Lipinski definition) is 27. The summed E-state index contributed by atoms with van der Waals surface area (Å²) in [6.07, 6.45) is -8.39. The zero-order chi connectivity index (χ0) is 92.9. The van der Waals surface area contributed by atoms with Gasteiger partial charge in [0.05, 0.1) is 37.6 Å². The standard InChI is InChI=1S/C22H29FN3O9P.2C18H17F5NO5P.C10H13FN2O5.C6H13NO2.ClH/c1-13(2)33-19(29)14(3)25-36(31,35-15-8-6-5-7-9-15)32-12-16-18(28)22(4,23)20(34-16)26-11-10-17(27)24-21(26)30;2*1-9(2)27-18(25)10(3)24-30(26,28-11-7-5-4-6-8-11)29-17-15(22)13(20)12(19)14(21)16(17)23;1-10(11)7(16)5(4-14)18-8(10)13-3-2-6(15)12-9(13)17;1-4(2)9-6(8)5(3)7;/h5-11,13-14,16,18,20,28H,12H2,1-4H3,(H,25,31)(H,24,27,30);2*4-10H,1-3H3,(H,24,26);2-3,5,7-8,14,16H,4H2,1H3,(H,12,15,17);4-5H,7H2,1-3H3;1H/t14-,16-,18-,20-,22-,36-;2*10-,30?;5-,7-,8-,10-;5-;/m11111./s1. The lowest BCUT2D eigenvalue weighted by molar-refractivity contribution is -0.150. The second-order valence-corrected chi connectivity index (χ2v) is 32.7. The number of aromatic nitrogens is 4. The van der Waals surface area contributed by atoms with Gasteiger partial charge in [-0.05, 0) is 133 Å². The van der Waals surface area contributed by atoms with Gasteiger partial charge >= 0.3 is 58.5 Å². The van der Waals surface area contributed by atoms with Crippen molar-refractivity contribution < 1.29 is 156 Å². The van der Waals surface area contributed by atoms with Crippen molar-refractivity contribution in [3.63, 3.8) is 0 Å². The Morgan fingerprint density at radius 2 is 0.710 bits per heavy atom. The molecule has 0 bridgehead atoms. The number of carbonyl (C=O) groups is 4. The fourth-order valence-electron chi connectivity index (χ4n) is 9.98. The van der Waals surface area contributed by atoms with Gasteiger partial charge in [-0.15, -0.1) is 12.4 Å². The minimum Gasteiger partial charge on any atom is -0.462 e. The Morgan fingerprint density at radius 3 is 0.976 bits per heavy atom. The van der Waals surface area contributed by atoms with Crippen LogP contribution >= 0.6 is 35.6 Å². The predicted octanol–water partition coefficient (Wildman–Crippen LogP) is 10.6. The van der Waals surface area contributed by atoms with Crippen LogP contribution in [0.4, 0.5) is 52.7 Å². The molecule has 0 saturated carbocycles. The highest BCUT2D eigenvalue weighted by Crippen LogP contribution is 2.51. The van der Waals surface area contributed by atoms with E-state index in [0.717, 1.165) is 47.5 Å². The number of aliphatic hydroxyl groups is 3. The Kier molecular flexibility index (Phi) is 39.8. The van der Waals surface area contributed by atoms with E-state index in [1.54, 1.807) is 65.0 Å². The fourth-order valence-corrected chi connectivity index (χ4v) is 14.5. The largest absolute Gasteiger partial charge is 0.513 e. The molecule has 2 aliphatic rings. The van der Waals surface area contributed by atoms with Gasteiger partial charge in [0.2, 0.25) is 69.7 Å². The van der Waals surface area contributed by atoms with Gasteiger partial charge in [0.15, 0.2) is 23.8 Å². The molecule has 5 aromatic carbocycles. The van der Waals surface area contributed by atoms with Crippen molar-refractivity contribution in [1.29, 1.82) is 0 Å². The highest BCUT2D eigenvalue weighted by atomic mass is 35.5. The molecule has 2 fully saturated rings. The zero-order valence-corrected chi connectivity index (χ0v) is 71.5. The quantitative estimate of drug-likeness (QED) is 0.00504. The zero-order valence-electron chi connectivity index (χ0n) is 68.0. The number of alkyl halides is 2. The summed E-state index contributed by atoms with van der Waals surface area (Å²) < 4.78 is 268. The topological polar surface area (TPSA) is 463 Å². The molecule has 2 saturated heterocycles. The molecule has 15 atom stereocenters. The van der Waals surface area contributed by atoms with Crippen LogP contribution in [0.5, 0.6) is 28.7 Å². The molecule has 0 aliphatic carbocycles. The number of nitrogens with two attached hydrogens (primary N) is 1. The first kappa shape index (κ1) is 106. The molecular formula is C74H90ClF12N8O26P3. The first-order valence-corrected chi connectivity index (χ1v) is 41.1. The van der Waals surface area contributed by atoms with Gasteiger partial charge in [-0.3, -0.25) is 52.4 Å². The number of aliphatic hydroxyl groups excluding tert-OH is 3. The average Bonchev–Trinajstić information content (AvgIpc) is 1.54. The number of H-pyrrole nitrogens is 2. The van der Waals surface area contributed by atoms with Crippen molar-refractivity contribution in [3.05, 3.63) is 215 Å². The van der Waals surface area contributed by atoms with Crippen LogP contribution in [0.1, 0.15) is 109 Å². The van der Waals surface area contributed by atoms with E-state index in [2.05, 4.69) is 24.3 Å². The number of hydrogen-bond donors (Lipinski definition) is 9. The number of para-hydroxylation sites is 3. The molecule has 7 aromatic rings. The Labute approximate surface area is 704 Å². The molecule has 10 N–H and O–H groups in total. The molecule has 0 spiro atoms. The highest BCUT2D eigenvalue weighted by molar-refractivity contribution is 7.53. The molecule has 688 valence electrons. The Morgan fingerprint density at radius 1 is 0.444 bits per heavy atom. The smallest absolute Gasteiger partial charge is 0.462 e. The van der Waals surface area contributed by atoms with Crippen molar-refractivity contribution in [3.8, 4) is 28.7 Å². The molecule has 0 amide bonds. The van der Waals surface area contributed by atoms with Gasteiger partial charge in [0, 0.05) is 24.5 Å².